The molecule has 0 fully saturated rings. The quantitative estimate of drug-likeness (QED) is 0.617. The molecule has 3 N–H and O–H groups in total. The molecule has 0 aliphatic heterocycles. The second kappa shape index (κ2) is 9.78. The molecular weight excluding hydrogens is 393 g/mol. The SMILES string of the molecule is COCCOc1ccc(C(F)(F)F)cc1NC(=O)COc1ccc(C(N)=O)cc1. The molecular formula is C19H19F3N2O5. The number of halogens is 3. The van der Waals surface area contributed by atoms with E-state index < -0.39 is 30.2 Å². The van der Waals surface area contributed by atoms with Crippen molar-refractivity contribution >= 4 is 17.5 Å². The van der Waals surface area contributed by atoms with E-state index in [1.165, 1.54) is 31.4 Å². The van der Waals surface area contributed by atoms with Gasteiger partial charge in [-0.25, -0.2) is 0 Å². The van der Waals surface area contributed by atoms with Crippen LogP contribution in [0, 0.1) is 0 Å². The summed E-state index contributed by atoms with van der Waals surface area (Å²) in [5, 5.41) is 2.35. The minimum atomic E-state index is -4.58. The first-order valence-corrected chi connectivity index (χ1v) is 8.36. The molecule has 0 aromatic heterocycles. The summed E-state index contributed by atoms with van der Waals surface area (Å²) >= 11 is 0. The number of nitrogens with two attached hydrogens (primary N) is 1. The molecule has 2 amide bonds. The number of nitrogens with one attached hydrogen (secondary N) is 1. The summed E-state index contributed by atoms with van der Waals surface area (Å²) in [6, 6.07) is 8.48. The molecule has 0 saturated carbocycles. The van der Waals surface area contributed by atoms with E-state index in [0.717, 1.165) is 18.2 Å². The van der Waals surface area contributed by atoms with Crippen molar-refractivity contribution in [3.05, 3.63) is 53.6 Å². The largest absolute Gasteiger partial charge is 0.489 e. The number of amides is 2. The molecule has 0 heterocycles. The Labute approximate surface area is 164 Å². The molecule has 29 heavy (non-hydrogen) atoms. The fourth-order valence-corrected chi connectivity index (χ4v) is 2.22. The number of anilines is 1. The van der Waals surface area contributed by atoms with E-state index in [4.69, 9.17) is 19.9 Å². The van der Waals surface area contributed by atoms with E-state index in [1.807, 2.05) is 0 Å². The maximum atomic E-state index is 13.0. The van der Waals surface area contributed by atoms with Crippen LogP contribution in [0.15, 0.2) is 42.5 Å². The Bertz CT molecular complexity index is 854. The predicted molar refractivity (Wildman–Crippen MR) is 97.9 cm³/mol. The molecule has 0 atom stereocenters. The lowest BCUT2D eigenvalue weighted by Gasteiger charge is -2.15. The topological polar surface area (TPSA) is 99.9 Å². The highest BCUT2D eigenvalue weighted by Gasteiger charge is 2.31. The van der Waals surface area contributed by atoms with Crippen LogP contribution < -0.4 is 20.5 Å². The number of primary amides is 1. The number of methoxy groups -OCH3 is 1. The van der Waals surface area contributed by atoms with Crippen LogP contribution in [0.4, 0.5) is 18.9 Å². The van der Waals surface area contributed by atoms with Crippen molar-refractivity contribution in [2.45, 2.75) is 6.18 Å². The maximum Gasteiger partial charge on any atom is 0.416 e. The van der Waals surface area contributed by atoms with E-state index in [2.05, 4.69) is 5.32 Å². The van der Waals surface area contributed by atoms with Gasteiger partial charge in [0.15, 0.2) is 6.61 Å². The van der Waals surface area contributed by atoms with Crippen molar-refractivity contribution in [3.8, 4) is 11.5 Å². The highest BCUT2D eigenvalue weighted by Crippen LogP contribution is 2.35. The van der Waals surface area contributed by atoms with Crippen LogP contribution in [0.1, 0.15) is 15.9 Å². The van der Waals surface area contributed by atoms with Gasteiger partial charge in [-0.05, 0) is 42.5 Å². The van der Waals surface area contributed by atoms with Crippen LogP contribution in [-0.2, 0) is 15.7 Å². The maximum absolute atomic E-state index is 13.0. The van der Waals surface area contributed by atoms with Gasteiger partial charge in [0.1, 0.15) is 18.1 Å². The minimum Gasteiger partial charge on any atom is -0.489 e. The molecule has 2 aromatic rings. The van der Waals surface area contributed by atoms with E-state index in [0.29, 0.717) is 0 Å². The standard InChI is InChI=1S/C19H19F3N2O5/c1-27-8-9-28-16-7-4-13(19(20,21)22)10-15(16)24-17(25)11-29-14-5-2-12(3-6-14)18(23)26/h2-7,10H,8-9,11H2,1H3,(H2,23,26)(H,24,25). The number of benzene rings is 2. The van der Waals surface area contributed by atoms with Crippen LogP contribution in [0.25, 0.3) is 0 Å². The number of carbonyl (C=O) groups is 2. The smallest absolute Gasteiger partial charge is 0.416 e. The van der Waals surface area contributed by atoms with Crippen LogP contribution in [-0.4, -0.2) is 38.7 Å². The zero-order chi connectivity index (χ0) is 21.4. The lowest BCUT2D eigenvalue weighted by molar-refractivity contribution is -0.137. The van der Waals surface area contributed by atoms with Crippen molar-refractivity contribution in [2.75, 3.05) is 32.2 Å². The number of carbonyl (C=O) groups excluding carboxylic acids is 2. The highest BCUT2D eigenvalue weighted by molar-refractivity contribution is 5.94. The first kappa shape index (κ1) is 22.0. The van der Waals surface area contributed by atoms with Gasteiger partial charge in [0, 0.05) is 12.7 Å². The Morgan fingerprint density at radius 2 is 1.72 bits per heavy atom. The first-order chi connectivity index (χ1) is 13.7. The third kappa shape index (κ3) is 6.68. The lowest BCUT2D eigenvalue weighted by Crippen LogP contribution is -2.21. The molecule has 0 spiro atoms. The Hall–Kier alpha value is -3.27. The van der Waals surface area contributed by atoms with E-state index in [9.17, 15) is 22.8 Å². The number of alkyl halides is 3. The molecule has 2 rings (SSSR count). The van der Waals surface area contributed by atoms with Crippen LogP contribution in [0.3, 0.4) is 0 Å². The average molecular weight is 412 g/mol. The molecule has 10 heteroatoms. The predicted octanol–water partition coefficient (Wildman–Crippen LogP) is 2.85. The second-order valence-electron chi connectivity index (χ2n) is 5.78. The fourth-order valence-electron chi connectivity index (χ4n) is 2.22. The van der Waals surface area contributed by atoms with Crippen LogP contribution in [0.2, 0.25) is 0 Å². The molecule has 0 aliphatic rings. The van der Waals surface area contributed by atoms with Gasteiger partial charge in [0.2, 0.25) is 5.91 Å². The van der Waals surface area contributed by atoms with E-state index in [1.54, 1.807) is 0 Å². The number of hydrogen-bond donors (Lipinski definition) is 2. The summed E-state index contributed by atoms with van der Waals surface area (Å²) in [5.41, 5.74) is 4.32. The van der Waals surface area contributed by atoms with Gasteiger partial charge in [-0.3, -0.25) is 9.59 Å². The highest BCUT2D eigenvalue weighted by atomic mass is 19.4. The molecule has 2 aromatic carbocycles. The van der Waals surface area contributed by atoms with Crippen molar-refractivity contribution in [3.63, 3.8) is 0 Å². The lowest BCUT2D eigenvalue weighted by atomic mass is 10.1. The summed E-state index contributed by atoms with van der Waals surface area (Å²) in [6.07, 6.45) is -4.58. The Kier molecular flexibility index (Phi) is 7.43. The normalized spacial score (nSPS) is 11.0. The van der Waals surface area contributed by atoms with Gasteiger partial charge >= 0.3 is 6.18 Å². The van der Waals surface area contributed by atoms with Gasteiger partial charge < -0.3 is 25.3 Å². The Morgan fingerprint density at radius 3 is 2.31 bits per heavy atom. The molecule has 7 nitrogen and oxygen atoms in total. The molecule has 0 unspecified atom stereocenters. The third-order valence-electron chi connectivity index (χ3n) is 3.63. The minimum absolute atomic E-state index is 0.0641. The molecule has 0 aliphatic carbocycles. The fraction of sp³-hybridized carbons (Fsp3) is 0.263. The van der Waals surface area contributed by atoms with Gasteiger partial charge in [-0.2, -0.15) is 13.2 Å². The van der Waals surface area contributed by atoms with Gasteiger partial charge in [-0.1, -0.05) is 0 Å². The molecule has 0 saturated heterocycles. The zero-order valence-corrected chi connectivity index (χ0v) is 15.4. The molecule has 156 valence electrons. The third-order valence-corrected chi connectivity index (χ3v) is 3.63. The second-order valence-corrected chi connectivity index (χ2v) is 5.78. The Morgan fingerprint density at radius 1 is 1.03 bits per heavy atom. The first-order valence-electron chi connectivity index (χ1n) is 8.36. The van der Waals surface area contributed by atoms with Crippen molar-refractivity contribution < 1.29 is 37.0 Å². The molecule has 0 bridgehead atoms. The van der Waals surface area contributed by atoms with Crippen LogP contribution in [0.5, 0.6) is 11.5 Å². The summed E-state index contributed by atoms with van der Waals surface area (Å²) < 4.78 is 54.4. The average Bonchev–Trinajstić information content (AvgIpc) is 2.67. The Balaban J connectivity index is 2.06. The van der Waals surface area contributed by atoms with Crippen molar-refractivity contribution in [2.24, 2.45) is 5.73 Å². The van der Waals surface area contributed by atoms with Gasteiger partial charge in [-0.15, -0.1) is 0 Å². The summed E-state index contributed by atoms with van der Waals surface area (Å²) in [6.45, 7) is -0.157. The van der Waals surface area contributed by atoms with E-state index in [-0.39, 0.29) is 36.0 Å². The van der Waals surface area contributed by atoms with Gasteiger partial charge in [0.05, 0.1) is 17.9 Å². The van der Waals surface area contributed by atoms with Crippen LogP contribution >= 0.6 is 0 Å². The number of rotatable bonds is 9. The monoisotopic (exact) mass is 412 g/mol. The zero-order valence-electron chi connectivity index (χ0n) is 15.4. The van der Waals surface area contributed by atoms with Crippen molar-refractivity contribution in [1.82, 2.24) is 0 Å². The molecule has 0 radical (unpaired) electrons. The number of hydrogen-bond acceptors (Lipinski definition) is 5. The van der Waals surface area contributed by atoms with E-state index >= 15 is 0 Å². The number of ether oxygens (including phenoxy) is 3. The van der Waals surface area contributed by atoms with Crippen molar-refractivity contribution in [1.29, 1.82) is 0 Å². The summed E-state index contributed by atoms with van der Waals surface area (Å²) in [7, 11) is 1.45. The van der Waals surface area contributed by atoms with Gasteiger partial charge in [0.25, 0.3) is 5.91 Å². The summed E-state index contributed by atoms with van der Waals surface area (Å²) in [4.78, 5) is 23.2. The summed E-state index contributed by atoms with van der Waals surface area (Å²) in [5.74, 6) is -0.959.